The van der Waals surface area contributed by atoms with Gasteiger partial charge < -0.3 is 30.3 Å². The minimum atomic E-state index is -3.99. The number of likely N-dealkylation sites (N-methyl/N-ethyl adjacent to an activating group) is 1. The number of nitrogens with zero attached hydrogens (tertiary/aromatic N) is 4. The summed E-state index contributed by atoms with van der Waals surface area (Å²) >= 11 is 0. The number of H-pyrrole nitrogens is 1. The van der Waals surface area contributed by atoms with Crippen molar-refractivity contribution in [1.29, 1.82) is 0 Å². The summed E-state index contributed by atoms with van der Waals surface area (Å²) in [5.41, 5.74) is 1.31. The van der Waals surface area contributed by atoms with Gasteiger partial charge in [-0.05, 0) is 74.7 Å². The van der Waals surface area contributed by atoms with E-state index in [1.807, 2.05) is 6.07 Å². The molecule has 0 unspecified atom stereocenters. The zero-order valence-corrected chi connectivity index (χ0v) is 26.0. The molecule has 1 amide bonds. The molecular formula is C32H36N6O6S. The number of benzene rings is 1. The van der Waals surface area contributed by atoms with Crippen LogP contribution in [0.4, 0.5) is 5.82 Å². The average Bonchev–Trinajstić information content (AvgIpc) is 3.72. The third-order valence-corrected chi connectivity index (χ3v) is 11.3. The Morgan fingerprint density at radius 1 is 1.11 bits per heavy atom. The van der Waals surface area contributed by atoms with Gasteiger partial charge in [-0.1, -0.05) is 6.08 Å². The van der Waals surface area contributed by atoms with Gasteiger partial charge in [-0.25, -0.2) is 17.4 Å². The summed E-state index contributed by atoms with van der Waals surface area (Å²) in [5.74, 6) is -0.536. The molecule has 0 radical (unpaired) electrons. The Hall–Kier alpha value is -4.62. The maximum absolute atomic E-state index is 14.0. The second-order valence-electron chi connectivity index (χ2n) is 11.9. The summed E-state index contributed by atoms with van der Waals surface area (Å²) in [7, 11) is -1.92. The van der Waals surface area contributed by atoms with Crippen LogP contribution in [0.25, 0.3) is 22.0 Å². The average molecular weight is 633 g/mol. The van der Waals surface area contributed by atoms with Gasteiger partial charge in [0.25, 0.3) is 11.5 Å². The summed E-state index contributed by atoms with van der Waals surface area (Å²) in [4.78, 5) is 37.8. The lowest BCUT2D eigenvalue weighted by Crippen LogP contribution is -2.44. The number of anilines is 1. The number of fused-ring (bicyclic) bond motifs is 1. The Morgan fingerprint density at radius 2 is 1.84 bits per heavy atom. The number of aromatic hydroxyl groups is 2. The molecule has 1 aromatic carbocycles. The molecule has 45 heavy (non-hydrogen) atoms. The van der Waals surface area contributed by atoms with Crippen molar-refractivity contribution in [3.05, 3.63) is 82.6 Å². The molecule has 2 fully saturated rings. The molecule has 6 rings (SSSR count). The van der Waals surface area contributed by atoms with E-state index in [0.717, 1.165) is 42.2 Å². The molecule has 0 spiro atoms. The Balaban J connectivity index is 1.47. The first-order valence-electron chi connectivity index (χ1n) is 14.8. The maximum atomic E-state index is 14.0. The van der Waals surface area contributed by atoms with E-state index in [9.17, 15) is 28.2 Å². The zero-order chi connectivity index (χ0) is 32.1. The van der Waals surface area contributed by atoms with Crippen molar-refractivity contribution in [1.82, 2.24) is 24.2 Å². The topological polar surface area (TPSA) is 161 Å². The van der Waals surface area contributed by atoms with E-state index in [2.05, 4.69) is 38.7 Å². The number of rotatable bonds is 9. The number of amides is 1. The zero-order valence-electron chi connectivity index (χ0n) is 25.2. The molecule has 1 aliphatic heterocycles. The smallest absolute Gasteiger partial charge is 0.256 e. The van der Waals surface area contributed by atoms with Crippen LogP contribution in [-0.2, 0) is 16.6 Å². The van der Waals surface area contributed by atoms with E-state index in [4.69, 9.17) is 0 Å². The molecule has 0 atom stereocenters. The first kappa shape index (κ1) is 30.4. The van der Waals surface area contributed by atoms with Gasteiger partial charge >= 0.3 is 0 Å². The van der Waals surface area contributed by atoms with Crippen LogP contribution in [-0.4, -0.2) is 81.4 Å². The van der Waals surface area contributed by atoms with Crippen LogP contribution >= 0.6 is 0 Å². The molecular weight excluding hydrogens is 596 g/mol. The maximum Gasteiger partial charge on any atom is 0.256 e. The Morgan fingerprint density at radius 3 is 2.51 bits per heavy atom. The lowest BCUT2D eigenvalue weighted by molar-refractivity contribution is 0.0952. The number of carbonyl (C=O) groups is 1. The standard InChI is InChI=1S/C32H36N6O6S/c1-4-6-32(7-8-32)45(43,44)38-19-27(40)29-23(30(41)34-18-24-26(39)14-20(2)35-31(24)42)15-22(16-25(29)38)21-5-9-33-28(17-21)37-12-10-36(3)11-13-37/h4-5,9,14-17,19,40H,1,6-8,10-13,18H2,2-3H3,(H,34,41)(H2,35,39,42). The van der Waals surface area contributed by atoms with E-state index in [-0.39, 0.29) is 46.5 Å². The third-order valence-electron chi connectivity index (χ3n) is 8.80. The van der Waals surface area contributed by atoms with Crippen LogP contribution in [0.15, 0.2) is 60.2 Å². The number of allylic oxidation sites excluding steroid dienone is 1. The molecule has 2 aliphatic rings. The molecule has 1 saturated carbocycles. The van der Waals surface area contributed by atoms with Gasteiger partial charge in [0.2, 0.25) is 10.0 Å². The van der Waals surface area contributed by atoms with Crippen LogP contribution < -0.4 is 15.8 Å². The molecule has 1 aliphatic carbocycles. The molecule has 0 bridgehead atoms. The van der Waals surface area contributed by atoms with E-state index in [1.165, 1.54) is 6.07 Å². The van der Waals surface area contributed by atoms with Crippen LogP contribution in [0.5, 0.6) is 11.5 Å². The van der Waals surface area contributed by atoms with Crippen molar-refractivity contribution in [3.8, 4) is 22.6 Å². The van der Waals surface area contributed by atoms with Crippen LogP contribution in [0.3, 0.4) is 0 Å². The van der Waals surface area contributed by atoms with E-state index < -0.39 is 26.2 Å². The molecule has 3 aromatic heterocycles. The lowest BCUT2D eigenvalue weighted by Gasteiger charge is -2.33. The Labute approximate surface area is 260 Å². The highest BCUT2D eigenvalue weighted by atomic mass is 32.2. The number of aromatic amines is 1. The second kappa shape index (κ2) is 11.4. The van der Waals surface area contributed by atoms with Crippen molar-refractivity contribution in [2.24, 2.45) is 0 Å². The van der Waals surface area contributed by atoms with Gasteiger partial charge in [0.1, 0.15) is 17.3 Å². The molecule has 12 nitrogen and oxygen atoms in total. The Kier molecular flexibility index (Phi) is 7.69. The summed E-state index contributed by atoms with van der Waals surface area (Å²) in [6.07, 6.45) is 5.58. The van der Waals surface area contributed by atoms with E-state index in [1.54, 1.807) is 37.4 Å². The highest BCUT2D eigenvalue weighted by molar-refractivity contribution is 7.91. The molecule has 236 valence electrons. The lowest BCUT2D eigenvalue weighted by atomic mass is 9.99. The predicted molar refractivity (Wildman–Crippen MR) is 172 cm³/mol. The normalized spacial score (nSPS) is 16.5. The second-order valence-corrected chi connectivity index (χ2v) is 14.1. The SMILES string of the molecule is C=CCC1(S(=O)(=O)n2cc(O)c3c(C(=O)NCc4c(O)cc(C)[nH]c4=O)cc(-c4ccnc(N5CCN(C)CC5)c4)cc32)CC1. The number of pyridine rings is 2. The van der Waals surface area contributed by atoms with Gasteiger partial charge in [-0.3, -0.25) is 9.59 Å². The van der Waals surface area contributed by atoms with Crippen LogP contribution in [0.1, 0.15) is 40.9 Å². The monoisotopic (exact) mass is 632 g/mol. The summed E-state index contributed by atoms with van der Waals surface area (Å²) in [6, 6.07) is 8.32. The van der Waals surface area contributed by atoms with Crippen LogP contribution in [0, 0.1) is 6.92 Å². The first-order chi connectivity index (χ1) is 21.4. The highest BCUT2D eigenvalue weighted by Gasteiger charge is 2.54. The molecule has 4 N–H and O–H groups in total. The minimum absolute atomic E-state index is 0.0171. The van der Waals surface area contributed by atoms with Gasteiger partial charge in [-0.2, -0.15) is 0 Å². The number of carbonyl (C=O) groups excluding carboxylic acids is 1. The highest BCUT2D eigenvalue weighted by Crippen LogP contribution is 2.49. The van der Waals surface area contributed by atoms with Crippen molar-refractivity contribution in [3.63, 3.8) is 0 Å². The van der Waals surface area contributed by atoms with Crippen molar-refractivity contribution in [2.75, 3.05) is 38.1 Å². The molecule has 4 heterocycles. The first-order valence-corrected chi connectivity index (χ1v) is 16.2. The number of piperazine rings is 1. The van der Waals surface area contributed by atoms with Crippen LogP contribution in [0.2, 0.25) is 0 Å². The molecule has 1 saturated heterocycles. The molecule has 13 heteroatoms. The van der Waals surface area contributed by atoms with Gasteiger partial charge in [0.15, 0.2) is 0 Å². The third kappa shape index (κ3) is 5.46. The number of aromatic nitrogens is 3. The Bertz CT molecular complexity index is 1990. The minimum Gasteiger partial charge on any atom is -0.507 e. The number of aryl methyl sites for hydroxylation is 1. The van der Waals surface area contributed by atoms with Gasteiger partial charge in [0, 0.05) is 38.1 Å². The summed E-state index contributed by atoms with van der Waals surface area (Å²) in [5, 5.41) is 24.2. The van der Waals surface area contributed by atoms with Gasteiger partial charge in [0.05, 0.1) is 39.5 Å². The van der Waals surface area contributed by atoms with Crippen molar-refractivity contribution in [2.45, 2.75) is 37.5 Å². The fourth-order valence-corrected chi connectivity index (χ4v) is 7.98. The number of hydrogen-bond acceptors (Lipinski definition) is 9. The van der Waals surface area contributed by atoms with E-state index in [0.29, 0.717) is 29.7 Å². The largest absolute Gasteiger partial charge is 0.507 e. The van der Waals surface area contributed by atoms with E-state index >= 15 is 0 Å². The fraction of sp³-hybridized carbons (Fsp3) is 0.344. The summed E-state index contributed by atoms with van der Waals surface area (Å²) < 4.78 is 28.0. The van der Waals surface area contributed by atoms with Crippen molar-refractivity contribution >= 4 is 32.7 Å². The fourth-order valence-electron chi connectivity index (χ4n) is 5.98. The quantitative estimate of drug-likeness (QED) is 0.203. The predicted octanol–water partition coefficient (Wildman–Crippen LogP) is 3.08. The summed E-state index contributed by atoms with van der Waals surface area (Å²) in [6.45, 7) is 8.44. The molecule has 4 aromatic rings. The number of nitrogens with one attached hydrogen (secondary N) is 2. The van der Waals surface area contributed by atoms with Gasteiger partial charge in [-0.15, -0.1) is 6.58 Å². The van der Waals surface area contributed by atoms with Crippen molar-refractivity contribution < 1.29 is 23.4 Å². The number of hydrogen-bond donors (Lipinski definition) is 4.